The zero-order chi connectivity index (χ0) is 19.2. The van der Waals surface area contributed by atoms with Crippen molar-refractivity contribution in [3.8, 4) is 5.75 Å². The first-order valence-corrected chi connectivity index (χ1v) is 9.55. The number of hydrogen-bond donors (Lipinski definition) is 3. The molecule has 1 aromatic carbocycles. The number of ether oxygens (including phenoxy) is 1. The number of nitrogens with one attached hydrogen (secondary N) is 2. The van der Waals surface area contributed by atoms with Gasteiger partial charge in [-0.05, 0) is 69.1 Å². The van der Waals surface area contributed by atoms with Gasteiger partial charge in [0.05, 0.1) is 12.5 Å². The number of nitrogens with zero attached hydrogens (tertiary/aromatic N) is 2. The van der Waals surface area contributed by atoms with Crippen molar-refractivity contribution in [2.45, 2.75) is 37.8 Å². The number of likely N-dealkylation sites (tertiary alicyclic amines) is 1. The Kier molecular flexibility index (Phi) is 6.42. The molecular formula is C21H29N5O. The molecule has 1 fully saturated rings. The molecule has 0 unspecified atom stereocenters. The number of benzene rings is 1. The molecule has 144 valence electrons. The van der Waals surface area contributed by atoms with Gasteiger partial charge < -0.3 is 15.4 Å². The number of rotatable bonds is 3. The third-order valence-electron chi connectivity index (χ3n) is 5.18. The van der Waals surface area contributed by atoms with Crippen LogP contribution in [0.15, 0.2) is 42.6 Å². The second kappa shape index (κ2) is 8.97. The molecule has 27 heavy (non-hydrogen) atoms. The summed E-state index contributed by atoms with van der Waals surface area (Å²) in [6.07, 6.45) is 7.31. The monoisotopic (exact) mass is 367 g/mol. The summed E-state index contributed by atoms with van der Waals surface area (Å²) in [4.78, 5) is 2.36. The van der Waals surface area contributed by atoms with Gasteiger partial charge in [-0.15, -0.1) is 0 Å². The fourth-order valence-corrected chi connectivity index (χ4v) is 3.62. The van der Waals surface area contributed by atoms with E-state index in [1.807, 2.05) is 12.1 Å². The number of hydrogen-bond acceptors (Lipinski definition) is 5. The zero-order valence-corrected chi connectivity index (χ0v) is 15.9. The summed E-state index contributed by atoms with van der Waals surface area (Å²) in [7, 11) is 2.17. The van der Waals surface area contributed by atoms with Crippen molar-refractivity contribution in [1.82, 2.24) is 9.47 Å². The Morgan fingerprint density at radius 3 is 2.41 bits per heavy atom. The Labute approximate surface area is 160 Å². The van der Waals surface area contributed by atoms with Gasteiger partial charge >= 0.3 is 0 Å². The summed E-state index contributed by atoms with van der Waals surface area (Å²) < 4.78 is 7.48. The van der Waals surface area contributed by atoms with Crippen LogP contribution in [-0.2, 0) is 0 Å². The summed E-state index contributed by atoms with van der Waals surface area (Å²) in [5.74, 6) is 0.657. The first kappa shape index (κ1) is 19.3. The average Bonchev–Trinajstić information content (AvgIpc) is 3.17. The molecule has 1 aliphatic heterocycles. The second-order valence-corrected chi connectivity index (χ2v) is 7.22. The Morgan fingerprint density at radius 1 is 1.07 bits per heavy atom. The minimum absolute atomic E-state index is 0.0308. The van der Waals surface area contributed by atoms with Crippen LogP contribution in [0.2, 0.25) is 0 Å². The van der Waals surface area contributed by atoms with Crippen molar-refractivity contribution >= 4 is 6.34 Å². The summed E-state index contributed by atoms with van der Waals surface area (Å²) >= 11 is 0. The molecule has 2 heterocycles. The van der Waals surface area contributed by atoms with E-state index in [2.05, 4.69) is 24.1 Å². The highest BCUT2D eigenvalue weighted by atomic mass is 16.5. The molecule has 0 radical (unpaired) electrons. The maximum absolute atomic E-state index is 7.67. The van der Waals surface area contributed by atoms with Crippen LogP contribution in [0.1, 0.15) is 49.0 Å². The quantitative estimate of drug-likeness (QED) is 0.575. The Hall–Kier alpha value is -2.44. The standard InChI is InChI=1S/C16H18N4O.C5H11N/c17-10-20-9-11(5-8-16(20)19)21-15-7-6-14(18)12-3-1-2-4-13(12)15;1-6-4-2-3-5-6/h1-5,8-10,14-15,17,19H,6-7,18H2;2-5H2,1H3/t14-,15+;/m0./s1. The topological polar surface area (TPSA) is 91.1 Å². The number of nitrogens with two attached hydrogens (primary N) is 1. The van der Waals surface area contributed by atoms with E-state index in [-0.39, 0.29) is 17.6 Å². The highest BCUT2D eigenvalue weighted by Gasteiger charge is 2.26. The minimum Gasteiger partial charge on any atom is -0.484 e. The van der Waals surface area contributed by atoms with Crippen molar-refractivity contribution in [2.75, 3.05) is 20.1 Å². The lowest BCUT2D eigenvalue weighted by atomic mass is 9.86. The molecular weight excluding hydrogens is 338 g/mol. The molecule has 2 aliphatic rings. The van der Waals surface area contributed by atoms with Crippen LogP contribution in [0.5, 0.6) is 5.75 Å². The molecule has 0 spiro atoms. The van der Waals surface area contributed by atoms with Gasteiger partial charge in [0.2, 0.25) is 0 Å². The molecule has 0 bridgehead atoms. The number of fused-ring (bicyclic) bond motifs is 1. The van der Waals surface area contributed by atoms with Crippen LogP contribution in [0.3, 0.4) is 0 Å². The lowest BCUT2D eigenvalue weighted by Crippen LogP contribution is -2.24. The number of pyridine rings is 1. The van der Waals surface area contributed by atoms with Crippen LogP contribution in [0.25, 0.3) is 0 Å². The van der Waals surface area contributed by atoms with Crippen LogP contribution in [0, 0.1) is 10.8 Å². The molecule has 0 saturated carbocycles. The first-order chi connectivity index (χ1) is 13.1. The molecule has 0 amide bonds. The molecule has 4 rings (SSSR count). The molecule has 6 heteroatoms. The summed E-state index contributed by atoms with van der Waals surface area (Å²) in [6.45, 7) is 2.64. The fraction of sp³-hybridized carbons (Fsp3) is 0.429. The third kappa shape index (κ3) is 4.84. The van der Waals surface area contributed by atoms with E-state index >= 15 is 0 Å². The lowest BCUT2D eigenvalue weighted by molar-refractivity contribution is 0.176. The smallest absolute Gasteiger partial charge is 0.137 e. The summed E-state index contributed by atoms with van der Waals surface area (Å²) in [6, 6.07) is 11.6. The van der Waals surface area contributed by atoms with Gasteiger partial charge in [-0.3, -0.25) is 15.4 Å². The highest BCUT2D eigenvalue weighted by molar-refractivity contribution is 5.54. The SMILES string of the molecule is CN1CCCC1.N=Cn1cc(O[C@@H]2CC[C@H](N)c3ccccc32)ccc1=N. The van der Waals surface area contributed by atoms with Gasteiger partial charge in [-0.25, -0.2) is 0 Å². The van der Waals surface area contributed by atoms with Crippen LogP contribution in [0.4, 0.5) is 0 Å². The Bertz CT molecular complexity index is 825. The molecule has 1 saturated heterocycles. The molecule has 6 nitrogen and oxygen atoms in total. The first-order valence-electron chi connectivity index (χ1n) is 9.55. The van der Waals surface area contributed by atoms with Gasteiger partial charge in [-0.2, -0.15) is 0 Å². The van der Waals surface area contributed by atoms with E-state index in [1.165, 1.54) is 30.5 Å². The second-order valence-electron chi connectivity index (χ2n) is 7.22. The third-order valence-corrected chi connectivity index (χ3v) is 5.18. The highest BCUT2D eigenvalue weighted by Crippen LogP contribution is 2.37. The largest absolute Gasteiger partial charge is 0.484 e. The lowest BCUT2D eigenvalue weighted by Gasteiger charge is -2.30. The van der Waals surface area contributed by atoms with Crippen molar-refractivity contribution in [1.29, 1.82) is 10.8 Å². The van der Waals surface area contributed by atoms with E-state index in [0.29, 0.717) is 5.75 Å². The summed E-state index contributed by atoms with van der Waals surface area (Å²) in [5, 5.41) is 15.0. The predicted molar refractivity (Wildman–Crippen MR) is 107 cm³/mol. The molecule has 1 aliphatic carbocycles. The number of aromatic nitrogens is 1. The Balaban J connectivity index is 0.000000299. The summed E-state index contributed by atoms with van der Waals surface area (Å²) in [5.41, 5.74) is 8.68. The van der Waals surface area contributed by atoms with E-state index in [4.69, 9.17) is 21.3 Å². The fourth-order valence-electron chi connectivity index (χ4n) is 3.62. The van der Waals surface area contributed by atoms with Crippen LogP contribution < -0.4 is 16.0 Å². The Morgan fingerprint density at radius 2 is 1.78 bits per heavy atom. The van der Waals surface area contributed by atoms with Crippen molar-refractivity contribution in [2.24, 2.45) is 5.73 Å². The molecule has 2 atom stereocenters. The van der Waals surface area contributed by atoms with Gasteiger partial charge in [0.1, 0.15) is 17.3 Å². The van der Waals surface area contributed by atoms with Crippen molar-refractivity contribution in [3.05, 3.63) is 59.2 Å². The zero-order valence-electron chi connectivity index (χ0n) is 15.9. The van der Waals surface area contributed by atoms with Crippen LogP contribution in [-0.4, -0.2) is 35.9 Å². The maximum atomic E-state index is 7.67. The van der Waals surface area contributed by atoms with E-state index in [9.17, 15) is 0 Å². The predicted octanol–water partition coefficient (Wildman–Crippen LogP) is 3.05. The average molecular weight is 367 g/mol. The van der Waals surface area contributed by atoms with Crippen molar-refractivity contribution in [3.63, 3.8) is 0 Å². The molecule has 4 N–H and O–H groups in total. The molecule has 2 aromatic rings. The van der Waals surface area contributed by atoms with Crippen LogP contribution >= 0.6 is 0 Å². The van der Waals surface area contributed by atoms with Gasteiger partial charge in [0, 0.05) is 6.04 Å². The van der Waals surface area contributed by atoms with Crippen molar-refractivity contribution < 1.29 is 4.74 Å². The van der Waals surface area contributed by atoms with Gasteiger partial charge in [-0.1, -0.05) is 24.3 Å². The normalized spacial score (nSPS) is 21.7. The van der Waals surface area contributed by atoms with E-state index in [0.717, 1.165) is 30.3 Å². The molecule has 1 aromatic heterocycles. The van der Waals surface area contributed by atoms with Gasteiger partial charge in [0.25, 0.3) is 0 Å². The maximum Gasteiger partial charge on any atom is 0.137 e. The van der Waals surface area contributed by atoms with E-state index < -0.39 is 0 Å². The van der Waals surface area contributed by atoms with E-state index in [1.54, 1.807) is 18.3 Å². The minimum atomic E-state index is -0.0308. The van der Waals surface area contributed by atoms with Gasteiger partial charge in [0.15, 0.2) is 0 Å².